The molecule has 1 N–H and O–H groups in total. The van der Waals surface area contributed by atoms with Crippen LogP contribution in [0.4, 0.5) is 0 Å². The van der Waals surface area contributed by atoms with E-state index >= 15 is 0 Å². The quantitative estimate of drug-likeness (QED) is 0.600. The molecule has 1 fully saturated rings. The van der Waals surface area contributed by atoms with Gasteiger partial charge in [0.15, 0.2) is 0 Å². The van der Waals surface area contributed by atoms with E-state index in [1.807, 2.05) is 0 Å². The molecule has 4 atom stereocenters. The third-order valence-electron chi connectivity index (χ3n) is 3.79. The monoisotopic (exact) mass is 170 g/mol. The first kappa shape index (κ1) is 10.0. The Bertz CT molecular complexity index is 133. The average molecular weight is 170 g/mol. The van der Waals surface area contributed by atoms with Crippen molar-refractivity contribution >= 4 is 0 Å². The van der Waals surface area contributed by atoms with E-state index in [2.05, 4.69) is 20.8 Å². The summed E-state index contributed by atoms with van der Waals surface area (Å²) in [6.07, 6.45) is 3.76. The molecule has 72 valence electrons. The average Bonchev–Trinajstić information content (AvgIpc) is 2.19. The van der Waals surface area contributed by atoms with E-state index in [0.29, 0.717) is 12.5 Å². The lowest BCUT2D eigenvalue weighted by Crippen LogP contribution is -2.15. The van der Waals surface area contributed by atoms with Crippen molar-refractivity contribution in [3.05, 3.63) is 0 Å². The lowest BCUT2D eigenvalue weighted by atomic mass is 9.84. The minimum absolute atomic E-state index is 0.393. The molecule has 0 aromatic rings. The second-order valence-corrected chi connectivity index (χ2v) is 4.68. The van der Waals surface area contributed by atoms with Gasteiger partial charge in [0.2, 0.25) is 0 Å². The minimum atomic E-state index is 0.393. The van der Waals surface area contributed by atoms with Crippen LogP contribution in [0.5, 0.6) is 0 Å². The smallest absolute Gasteiger partial charge is 0.0459 e. The Labute approximate surface area is 76.2 Å². The van der Waals surface area contributed by atoms with Crippen LogP contribution in [0.3, 0.4) is 0 Å². The fraction of sp³-hybridized carbons (Fsp3) is 1.00. The molecule has 1 aliphatic carbocycles. The standard InChI is InChI=1S/C11H22O/c1-8-4-5-11(7-12)6-9(2)10(8)3/h8-12H,4-7H2,1-3H3. The zero-order valence-electron chi connectivity index (χ0n) is 8.59. The maximum atomic E-state index is 9.11. The first-order chi connectivity index (χ1) is 5.65. The van der Waals surface area contributed by atoms with Gasteiger partial charge in [-0.3, -0.25) is 0 Å². The summed E-state index contributed by atoms with van der Waals surface area (Å²) in [5.74, 6) is 3.05. The minimum Gasteiger partial charge on any atom is -0.396 e. The molecule has 4 unspecified atom stereocenters. The van der Waals surface area contributed by atoms with Crippen molar-refractivity contribution in [2.45, 2.75) is 40.0 Å². The number of hydrogen-bond donors (Lipinski definition) is 1. The molecule has 0 radical (unpaired) electrons. The van der Waals surface area contributed by atoms with Gasteiger partial charge in [-0.15, -0.1) is 0 Å². The Hall–Kier alpha value is -0.0400. The molecule has 0 aromatic carbocycles. The Kier molecular flexibility index (Phi) is 3.57. The summed E-state index contributed by atoms with van der Waals surface area (Å²) in [6.45, 7) is 7.43. The number of rotatable bonds is 1. The van der Waals surface area contributed by atoms with E-state index in [0.717, 1.165) is 17.8 Å². The highest BCUT2D eigenvalue weighted by molar-refractivity contribution is 4.76. The maximum absolute atomic E-state index is 9.11. The second kappa shape index (κ2) is 4.27. The van der Waals surface area contributed by atoms with Crippen LogP contribution in [0.15, 0.2) is 0 Å². The van der Waals surface area contributed by atoms with E-state index in [4.69, 9.17) is 5.11 Å². The van der Waals surface area contributed by atoms with Crippen molar-refractivity contribution in [1.82, 2.24) is 0 Å². The molecule has 1 aliphatic rings. The molecule has 0 bridgehead atoms. The predicted octanol–water partition coefficient (Wildman–Crippen LogP) is 2.69. The van der Waals surface area contributed by atoms with Gasteiger partial charge in [0.05, 0.1) is 0 Å². The summed E-state index contributed by atoms with van der Waals surface area (Å²) in [7, 11) is 0. The first-order valence-corrected chi connectivity index (χ1v) is 5.26. The summed E-state index contributed by atoms with van der Waals surface area (Å²) < 4.78 is 0. The van der Waals surface area contributed by atoms with E-state index < -0.39 is 0 Å². The van der Waals surface area contributed by atoms with Crippen molar-refractivity contribution in [2.24, 2.45) is 23.7 Å². The largest absolute Gasteiger partial charge is 0.396 e. The predicted molar refractivity (Wildman–Crippen MR) is 51.9 cm³/mol. The van der Waals surface area contributed by atoms with Gasteiger partial charge in [0, 0.05) is 6.61 Å². The highest BCUT2D eigenvalue weighted by atomic mass is 16.3. The zero-order chi connectivity index (χ0) is 9.14. The number of aliphatic hydroxyl groups excluding tert-OH is 1. The van der Waals surface area contributed by atoms with Gasteiger partial charge in [-0.2, -0.15) is 0 Å². The molecule has 1 saturated carbocycles. The van der Waals surface area contributed by atoms with E-state index in [9.17, 15) is 0 Å². The third-order valence-corrected chi connectivity index (χ3v) is 3.79. The summed E-state index contributed by atoms with van der Waals surface area (Å²) >= 11 is 0. The molecule has 0 saturated heterocycles. The first-order valence-electron chi connectivity index (χ1n) is 5.26. The molecule has 0 heterocycles. The topological polar surface area (TPSA) is 20.2 Å². The third kappa shape index (κ3) is 2.22. The van der Waals surface area contributed by atoms with Crippen LogP contribution in [0.2, 0.25) is 0 Å². The van der Waals surface area contributed by atoms with Gasteiger partial charge in [-0.25, -0.2) is 0 Å². The van der Waals surface area contributed by atoms with E-state index in [-0.39, 0.29) is 0 Å². The zero-order valence-corrected chi connectivity index (χ0v) is 8.59. The van der Waals surface area contributed by atoms with Crippen LogP contribution in [-0.2, 0) is 0 Å². The highest BCUT2D eigenvalue weighted by Crippen LogP contribution is 2.35. The van der Waals surface area contributed by atoms with Gasteiger partial charge < -0.3 is 5.11 Å². The molecular formula is C11H22O. The fourth-order valence-corrected chi connectivity index (χ4v) is 2.35. The van der Waals surface area contributed by atoms with Crippen molar-refractivity contribution in [3.8, 4) is 0 Å². The van der Waals surface area contributed by atoms with Gasteiger partial charge >= 0.3 is 0 Å². The van der Waals surface area contributed by atoms with Crippen LogP contribution in [0.25, 0.3) is 0 Å². The van der Waals surface area contributed by atoms with E-state index in [1.54, 1.807) is 0 Å². The van der Waals surface area contributed by atoms with Gasteiger partial charge in [-0.1, -0.05) is 27.2 Å². The van der Waals surface area contributed by atoms with Crippen LogP contribution >= 0.6 is 0 Å². The van der Waals surface area contributed by atoms with Crippen molar-refractivity contribution < 1.29 is 5.11 Å². The Morgan fingerprint density at radius 1 is 1.08 bits per heavy atom. The van der Waals surface area contributed by atoms with Crippen LogP contribution < -0.4 is 0 Å². The Morgan fingerprint density at radius 2 is 1.75 bits per heavy atom. The second-order valence-electron chi connectivity index (χ2n) is 4.68. The summed E-state index contributed by atoms with van der Waals surface area (Å²) in [4.78, 5) is 0. The number of hydrogen-bond acceptors (Lipinski definition) is 1. The molecule has 1 rings (SSSR count). The maximum Gasteiger partial charge on any atom is 0.0459 e. The Morgan fingerprint density at radius 3 is 2.33 bits per heavy atom. The molecule has 1 heteroatoms. The summed E-state index contributed by atoms with van der Waals surface area (Å²) in [6, 6.07) is 0. The lowest BCUT2D eigenvalue weighted by molar-refractivity contribution is 0.195. The molecule has 0 spiro atoms. The number of aliphatic hydroxyl groups is 1. The van der Waals surface area contributed by atoms with Gasteiger partial charge in [0.25, 0.3) is 0 Å². The molecular weight excluding hydrogens is 148 g/mol. The molecule has 0 aliphatic heterocycles. The van der Waals surface area contributed by atoms with Crippen LogP contribution in [0.1, 0.15) is 40.0 Å². The Balaban J connectivity index is 2.53. The van der Waals surface area contributed by atoms with Crippen LogP contribution in [0, 0.1) is 23.7 Å². The normalized spacial score (nSPS) is 44.0. The fourth-order valence-electron chi connectivity index (χ4n) is 2.35. The van der Waals surface area contributed by atoms with Gasteiger partial charge in [-0.05, 0) is 36.5 Å². The molecule has 0 amide bonds. The van der Waals surface area contributed by atoms with Gasteiger partial charge in [0.1, 0.15) is 0 Å². The van der Waals surface area contributed by atoms with Crippen molar-refractivity contribution in [1.29, 1.82) is 0 Å². The van der Waals surface area contributed by atoms with Crippen molar-refractivity contribution in [3.63, 3.8) is 0 Å². The summed E-state index contributed by atoms with van der Waals surface area (Å²) in [5.41, 5.74) is 0. The molecule has 12 heavy (non-hydrogen) atoms. The van der Waals surface area contributed by atoms with E-state index in [1.165, 1.54) is 19.3 Å². The molecule has 1 nitrogen and oxygen atoms in total. The lowest BCUT2D eigenvalue weighted by Gasteiger charge is -2.22. The molecule has 0 aromatic heterocycles. The van der Waals surface area contributed by atoms with Crippen molar-refractivity contribution in [2.75, 3.05) is 6.61 Å². The highest BCUT2D eigenvalue weighted by Gasteiger charge is 2.26. The summed E-state index contributed by atoms with van der Waals surface area (Å²) in [5, 5.41) is 9.11. The van der Waals surface area contributed by atoms with Crippen LogP contribution in [-0.4, -0.2) is 11.7 Å². The SMILES string of the molecule is CC1CCC(CO)CC(C)C1C.